The van der Waals surface area contributed by atoms with Gasteiger partial charge in [-0.25, -0.2) is 0 Å². The highest BCUT2D eigenvalue weighted by Crippen LogP contribution is 2.23. The van der Waals surface area contributed by atoms with Crippen molar-refractivity contribution in [1.82, 2.24) is 0 Å². The average Bonchev–Trinajstić information content (AvgIpc) is 2.28. The largest absolute Gasteiger partial charge is 0.466 e. The molecule has 0 saturated heterocycles. The van der Waals surface area contributed by atoms with E-state index in [1.807, 2.05) is 19.1 Å². The Balaban J connectivity index is 2.75. The van der Waals surface area contributed by atoms with Gasteiger partial charge in [0.1, 0.15) is 0 Å². The van der Waals surface area contributed by atoms with E-state index in [4.69, 9.17) is 10.5 Å². The molecular formula is C16H25NO2. The van der Waals surface area contributed by atoms with E-state index in [1.54, 1.807) is 6.92 Å². The van der Waals surface area contributed by atoms with Crippen LogP contribution in [-0.2, 0) is 21.5 Å². The van der Waals surface area contributed by atoms with Gasteiger partial charge in [0.15, 0.2) is 0 Å². The summed E-state index contributed by atoms with van der Waals surface area (Å²) in [6.07, 6.45) is 1.25. The third kappa shape index (κ3) is 5.03. The predicted molar refractivity (Wildman–Crippen MR) is 77.8 cm³/mol. The average molecular weight is 263 g/mol. The van der Waals surface area contributed by atoms with Gasteiger partial charge in [-0.2, -0.15) is 0 Å². The lowest BCUT2D eigenvalue weighted by Crippen LogP contribution is -2.36. The Labute approximate surface area is 116 Å². The van der Waals surface area contributed by atoms with Crippen LogP contribution in [0.5, 0.6) is 0 Å². The molecule has 1 aromatic carbocycles. The van der Waals surface area contributed by atoms with Crippen LogP contribution in [0.2, 0.25) is 0 Å². The molecule has 0 aliphatic carbocycles. The van der Waals surface area contributed by atoms with Gasteiger partial charge in [-0.15, -0.1) is 0 Å². The number of hydrogen-bond acceptors (Lipinski definition) is 3. The summed E-state index contributed by atoms with van der Waals surface area (Å²) in [5.74, 6) is 0.383. The molecule has 0 spiro atoms. The summed E-state index contributed by atoms with van der Waals surface area (Å²) < 4.78 is 4.96. The van der Waals surface area contributed by atoms with E-state index < -0.39 is 5.54 Å². The molecule has 0 radical (unpaired) electrons. The van der Waals surface area contributed by atoms with Crippen molar-refractivity contribution in [3.63, 3.8) is 0 Å². The maximum Gasteiger partial charge on any atom is 0.307 e. The summed E-state index contributed by atoms with van der Waals surface area (Å²) in [6.45, 7) is 8.44. The van der Waals surface area contributed by atoms with Crippen LogP contribution in [0.15, 0.2) is 24.3 Å². The highest BCUT2D eigenvalue weighted by molar-refractivity contribution is 5.71. The van der Waals surface area contributed by atoms with Gasteiger partial charge in [-0.1, -0.05) is 38.1 Å². The SMILES string of the molecule is CCOC(=O)CC(C)(N)c1ccc(CC(C)C)cc1. The number of benzene rings is 1. The first kappa shape index (κ1) is 15.7. The van der Waals surface area contributed by atoms with Gasteiger partial charge in [0.25, 0.3) is 0 Å². The Morgan fingerprint density at radius 1 is 1.32 bits per heavy atom. The van der Waals surface area contributed by atoms with Gasteiger partial charge in [-0.05, 0) is 37.3 Å². The molecule has 0 bridgehead atoms. The Morgan fingerprint density at radius 3 is 2.37 bits per heavy atom. The predicted octanol–water partition coefficient (Wildman–Crippen LogP) is 3.01. The first-order chi connectivity index (χ1) is 8.85. The number of carbonyl (C=O) groups is 1. The molecule has 1 atom stereocenters. The highest BCUT2D eigenvalue weighted by Gasteiger charge is 2.25. The van der Waals surface area contributed by atoms with E-state index in [2.05, 4.69) is 26.0 Å². The van der Waals surface area contributed by atoms with Crippen LogP contribution in [-0.4, -0.2) is 12.6 Å². The molecule has 3 heteroatoms. The lowest BCUT2D eigenvalue weighted by atomic mass is 9.88. The van der Waals surface area contributed by atoms with Crippen molar-refractivity contribution in [3.8, 4) is 0 Å². The summed E-state index contributed by atoms with van der Waals surface area (Å²) in [5, 5.41) is 0. The standard InChI is InChI=1S/C16H25NO2/c1-5-19-15(18)11-16(4,17)14-8-6-13(7-9-14)10-12(2)3/h6-9,12H,5,10-11,17H2,1-4H3. The second kappa shape index (κ2) is 6.71. The summed E-state index contributed by atoms with van der Waals surface area (Å²) >= 11 is 0. The van der Waals surface area contributed by atoms with Crippen molar-refractivity contribution < 1.29 is 9.53 Å². The van der Waals surface area contributed by atoms with Crippen LogP contribution in [0.25, 0.3) is 0 Å². The van der Waals surface area contributed by atoms with Crippen LogP contribution < -0.4 is 5.73 Å². The second-order valence-corrected chi connectivity index (χ2v) is 5.69. The van der Waals surface area contributed by atoms with E-state index in [0.29, 0.717) is 12.5 Å². The number of esters is 1. The van der Waals surface area contributed by atoms with E-state index in [0.717, 1.165) is 12.0 Å². The zero-order valence-electron chi connectivity index (χ0n) is 12.4. The molecule has 0 aliphatic heterocycles. The molecule has 1 unspecified atom stereocenters. The van der Waals surface area contributed by atoms with Gasteiger partial charge in [0.05, 0.1) is 13.0 Å². The van der Waals surface area contributed by atoms with Crippen molar-refractivity contribution in [2.24, 2.45) is 11.7 Å². The molecule has 19 heavy (non-hydrogen) atoms. The molecule has 0 fully saturated rings. The van der Waals surface area contributed by atoms with Gasteiger partial charge in [-0.3, -0.25) is 4.79 Å². The minimum absolute atomic E-state index is 0.199. The van der Waals surface area contributed by atoms with Gasteiger partial charge in [0, 0.05) is 5.54 Å². The molecule has 3 nitrogen and oxygen atoms in total. The smallest absolute Gasteiger partial charge is 0.307 e. The lowest BCUT2D eigenvalue weighted by molar-refractivity contribution is -0.144. The second-order valence-electron chi connectivity index (χ2n) is 5.69. The van der Waals surface area contributed by atoms with Gasteiger partial charge >= 0.3 is 5.97 Å². The monoisotopic (exact) mass is 263 g/mol. The van der Waals surface area contributed by atoms with Crippen molar-refractivity contribution in [1.29, 1.82) is 0 Å². The number of hydrogen-bond donors (Lipinski definition) is 1. The van der Waals surface area contributed by atoms with E-state index in [-0.39, 0.29) is 12.4 Å². The van der Waals surface area contributed by atoms with Crippen LogP contribution >= 0.6 is 0 Å². The zero-order valence-corrected chi connectivity index (χ0v) is 12.4. The highest BCUT2D eigenvalue weighted by atomic mass is 16.5. The minimum Gasteiger partial charge on any atom is -0.466 e. The number of nitrogens with two attached hydrogens (primary N) is 1. The van der Waals surface area contributed by atoms with Crippen molar-refractivity contribution in [2.75, 3.05) is 6.61 Å². The Bertz CT molecular complexity index is 407. The fourth-order valence-corrected chi connectivity index (χ4v) is 2.11. The molecular weight excluding hydrogens is 238 g/mol. The maximum atomic E-state index is 11.5. The first-order valence-corrected chi connectivity index (χ1v) is 6.89. The molecule has 0 aromatic heterocycles. The summed E-state index contributed by atoms with van der Waals surface area (Å²) in [5.41, 5.74) is 7.80. The summed E-state index contributed by atoms with van der Waals surface area (Å²) in [7, 11) is 0. The molecule has 1 aromatic rings. The van der Waals surface area contributed by atoms with E-state index in [9.17, 15) is 4.79 Å². The maximum absolute atomic E-state index is 11.5. The minimum atomic E-state index is -0.678. The van der Waals surface area contributed by atoms with Gasteiger partial charge in [0.2, 0.25) is 0 Å². The molecule has 2 N–H and O–H groups in total. The normalized spacial score (nSPS) is 14.2. The fraction of sp³-hybridized carbons (Fsp3) is 0.562. The first-order valence-electron chi connectivity index (χ1n) is 6.89. The van der Waals surface area contributed by atoms with E-state index in [1.165, 1.54) is 5.56 Å². The molecule has 0 aliphatic rings. The molecule has 1 rings (SSSR count). The Hall–Kier alpha value is -1.35. The molecule has 0 saturated carbocycles. The Kier molecular flexibility index (Phi) is 5.55. The van der Waals surface area contributed by atoms with Crippen LogP contribution in [0.4, 0.5) is 0 Å². The van der Waals surface area contributed by atoms with E-state index >= 15 is 0 Å². The number of ether oxygens (including phenoxy) is 1. The van der Waals surface area contributed by atoms with Crippen LogP contribution in [0, 0.1) is 5.92 Å². The third-order valence-electron chi connectivity index (χ3n) is 3.07. The summed E-state index contributed by atoms with van der Waals surface area (Å²) in [6, 6.07) is 8.20. The van der Waals surface area contributed by atoms with Crippen molar-refractivity contribution in [2.45, 2.75) is 46.1 Å². The fourth-order valence-electron chi connectivity index (χ4n) is 2.11. The molecule has 106 valence electrons. The van der Waals surface area contributed by atoms with Crippen molar-refractivity contribution >= 4 is 5.97 Å². The zero-order chi connectivity index (χ0) is 14.5. The van der Waals surface area contributed by atoms with Crippen LogP contribution in [0.3, 0.4) is 0 Å². The molecule has 0 amide bonds. The Morgan fingerprint density at radius 2 is 1.89 bits per heavy atom. The van der Waals surface area contributed by atoms with Gasteiger partial charge < -0.3 is 10.5 Å². The topological polar surface area (TPSA) is 52.3 Å². The number of rotatable bonds is 6. The summed E-state index contributed by atoms with van der Waals surface area (Å²) in [4.78, 5) is 11.5. The van der Waals surface area contributed by atoms with Crippen LogP contribution in [0.1, 0.15) is 45.2 Å². The number of carbonyl (C=O) groups excluding carboxylic acids is 1. The van der Waals surface area contributed by atoms with Crippen molar-refractivity contribution in [3.05, 3.63) is 35.4 Å². The lowest BCUT2D eigenvalue weighted by Gasteiger charge is -2.24. The third-order valence-corrected chi connectivity index (χ3v) is 3.07. The quantitative estimate of drug-likeness (QED) is 0.803. The molecule has 0 heterocycles.